The third-order valence-electron chi connectivity index (χ3n) is 2.01. The number of hydrogen-bond acceptors (Lipinski definition) is 5. The molecule has 1 atom stereocenters. The van der Waals surface area contributed by atoms with Crippen LogP contribution in [-0.4, -0.2) is 29.0 Å². The summed E-state index contributed by atoms with van der Waals surface area (Å²) in [5, 5.41) is 21.2. The van der Waals surface area contributed by atoms with E-state index in [1.54, 1.807) is 6.07 Å². The quantitative estimate of drug-likeness (QED) is 0.468. The van der Waals surface area contributed by atoms with Crippen LogP contribution in [-0.2, 0) is 4.84 Å². The van der Waals surface area contributed by atoms with Gasteiger partial charge in [0.25, 0.3) is 5.91 Å². The van der Waals surface area contributed by atoms with E-state index >= 15 is 0 Å². The van der Waals surface area contributed by atoms with E-state index in [0.717, 1.165) is 0 Å². The first-order valence-electron chi connectivity index (χ1n) is 4.83. The van der Waals surface area contributed by atoms with Gasteiger partial charge in [0, 0.05) is 10.9 Å². The first kappa shape index (κ1) is 13.9. The summed E-state index contributed by atoms with van der Waals surface area (Å²) in [6, 6.07) is 4.45. The molecule has 5 N–H and O–H groups in total. The van der Waals surface area contributed by atoms with Crippen molar-refractivity contribution in [3.05, 3.63) is 28.2 Å². The summed E-state index contributed by atoms with van der Waals surface area (Å²) in [6.45, 7) is 0.119. The molecule has 0 saturated heterocycles. The molecule has 17 heavy (non-hydrogen) atoms. The second kappa shape index (κ2) is 6.55. The molecule has 0 spiro atoms. The molecule has 1 rings (SSSR count). The van der Waals surface area contributed by atoms with Crippen molar-refractivity contribution < 1.29 is 19.8 Å². The monoisotopic (exact) mass is 304 g/mol. The molecule has 0 heterocycles. The van der Waals surface area contributed by atoms with Crippen LogP contribution in [0.2, 0.25) is 0 Å². The Kier molecular flexibility index (Phi) is 5.36. The zero-order valence-electron chi connectivity index (χ0n) is 8.89. The fourth-order valence-electron chi connectivity index (χ4n) is 1.18. The van der Waals surface area contributed by atoms with Gasteiger partial charge in [0.15, 0.2) is 0 Å². The number of halogens is 1. The van der Waals surface area contributed by atoms with E-state index in [4.69, 9.17) is 5.90 Å². The Balaban J connectivity index is 2.63. The van der Waals surface area contributed by atoms with E-state index in [9.17, 15) is 15.0 Å². The van der Waals surface area contributed by atoms with Gasteiger partial charge >= 0.3 is 0 Å². The molecular weight excluding hydrogens is 292 g/mol. The van der Waals surface area contributed by atoms with Crippen molar-refractivity contribution in [2.45, 2.75) is 12.6 Å². The maximum Gasteiger partial charge on any atom is 0.257 e. The first-order chi connectivity index (χ1) is 8.04. The maximum atomic E-state index is 11.6. The third kappa shape index (κ3) is 4.31. The van der Waals surface area contributed by atoms with Gasteiger partial charge in [-0.15, -0.1) is 0 Å². The molecule has 1 unspecified atom stereocenters. The Hall–Kier alpha value is -1.15. The highest BCUT2D eigenvalue weighted by atomic mass is 79.9. The summed E-state index contributed by atoms with van der Waals surface area (Å²) in [4.78, 5) is 15.9. The largest absolute Gasteiger partial charge is 0.507 e. The van der Waals surface area contributed by atoms with E-state index in [1.807, 2.05) is 0 Å². The van der Waals surface area contributed by atoms with E-state index < -0.39 is 12.1 Å². The topological polar surface area (TPSA) is 105 Å². The number of aliphatic hydroxyl groups excluding tert-OH is 1. The lowest BCUT2D eigenvalue weighted by atomic mass is 10.2. The van der Waals surface area contributed by atoms with Crippen LogP contribution in [0.1, 0.15) is 16.8 Å². The standard InChI is InChI=1S/C10H13BrN2O4/c11-6-1-2-7(8(14)5-6)10(16)13-9(15)3-4-17-12/h1-2,5,9,14-15H,3-4,12H2,(H,13,16). The Morgan fingerprint density at radius 1 is 1.59 bits per heavy atom. The van der Waals surface area contributed by atoms with Crippen LogP contribution in [0.5, 0.6) is 5.75 Å². The number of nitrogens with two attached hydrogens (primary N) is 1. The van der Waals surface area contributed by atoms with Gasteiger partial charge in [-0.05, 0) is 18.2 Å². The molecule has 6 nitrogen and oxygen atoms in total. The van der Waals surface area contributed by atoms with Crippen LogP contribution < -0.4 is 11.2 Å². The summed E-state index contributed by atoms with van der Waals surface area (Å²) in [5.41, 5.74) is 0.0842. The molecule has 1 amide bonds. The fourth-order valence-corrected chi connectivity index (χ4v) is 1.53. The Morgan fingerprint density at radius 3 is 2.88 bits per heavy atom. The van der Waals surface area contributed by atoms with Gasteiger partial charge in [0.1, 0.15) is 12.0 Å². The second-order valence-electron chi connectivity index (χ2n) is 3.31. The van der Waals surface area contributed by atoms with Crippen molar-refractivity contribution >= 4 is 21.8 Å². The van der Waals surface area contributed by atoms with Crippen molar-refractivity contribution in [2.75, 3.05) is 6.61 Å². The van der Waals surface area contributed by atoms with Gasteiger partial charge in [-0.2, -0.15) is 0 Å². The summed E-state index contributed by atoms with van der Waals surface area (Å²) in [7, 11) is 0. The lowest BCUT2D eigenvalue weighted by Crippen LogP contribution is -2.35. The van der Waals surface area contributed by atoms with Crippen molar-refractivity contribution in [3.63, 3.8) is 0 Å². The number of carbonyl (C=O) groups excluding carboxylic acids is 1. The van der Waals surface area contributed by atoms with E-state index in [0.29, 0.717) is 4.47 Å². The highest BCUT2D eigenvalue weighted by Gasteiger charge is 2.14. The first-order valence-corrected chi connectivity index (χ1v) is 5.63. The Morgan fingerprint density at radius 2 is 2.29 bits per heavy atom. The number of nitrogens with one attached hydrogen (secondary N) is 1. The third-order valence-corrected chi connectivity index (χ3v) is 2.50. The fraction of sp³-hybridized carbons (Fsp3) is 0.300. The molecule has 0 saturated carbocycles. The number of carbonyl (C=O) groups is 1. The van der Waals surface area contributed by atoms with Gasteiger partial charge in [0.2, 0.25) is 0 Å². The van der Waals surface area contributed by atoms with E-state index in [-0.39, 0.29) is 24.3 Å². The van der Waals surface area contributed by atoms with Gasteiger partial charge < -0.3 is 20.4 Å². The zero-order valence-corrected chi connectivity index (χ0v) is 10.5. The lowest BCUT2D eigenvalue weighted by molar-refractivity contribution is 0.0561. The predicted octanol–water partition coefficient (Wildman–Crippen LogP) is 0.483. The number of phenols is 1. The van der Waals surface area contributed by atoms with Gasteiger partial charge in [-0.3, -0.25) is 4.79 Å². The summed E-state index contributed by atoms with van der Waals surface area (Å²) in [6.07, 6.45) is -0.909. The summed E-state index contributed by atoms with van der Waals surface area (Å²) < 4.78 is 0.656. The average Bonchev–Trinajstić information content (AvgIpc) is 2.26. The van der Waals surface area contributed by atoms with E-state index in [1.165, 1.54) is 12.1 Å². The van der Waals surface area contributed by atoms with Gasteiger partial charge in [-0.25, -0.2) is 5.90 Å². The smallest absolute Gasteiger partial charge is 0.257 e. The minimum atomic E-state index is -1.07. The van der Waals surface area contributed by atoms with Crippen molar-refractivity contribution in [2.24, 2.45) is 5.90 Å². The molecule has 0 bridgehead atoms. The number of benzene rings is 1. The highest BCUT2D eigenvalue weighted by molar-refractivity contribution is 9.10. The minimum Gasteiger partial charge on any atom is -0.507 e. The van der Waals surface area contributed by atoms with Gasteiger partial charge in [-0.1, -0.05) is 15.9 Å². The molecule has 0 radical (unpaired) electrons. The molecule has 0 aliphatic rings. The average molecular weight is 305 g/mol. The molecule has 0 aliphatic carbocycles. The highest BCUT2D eigenvalue weighted by Crippen LogP contribution is 2.22. The maximum absolute atomic E-state index is 11.6. The minimum absolute atomic E-state index is 0.0842. The molecule has 0 aliphatic heterocycles. The number of rotatable bonds is 5. The zero-order chi connectivity index (χ0) is 12.8. The summed E-state index contributed by atoms with van der Waals surface area (Å²) in [5.74, 6) is 4.05. The van der Waals surface area contributed by atoms with Crippen molar-refractivity contribution in [1.82, 2.24) is 5.32 Å². The SMILES string of the molecule is NOCCC(O)NC(=O)c1ccc(Br)cc1O. The molecule has 7 heteroatoms. The number of amides is 1. The normalized spacial score (nSPS) is 12.2. The van der Waals surface area contributed by atoms with Crippen LogP contribution >= 0.6 is 15.9 Å². The number of aromatic hydroxyl groups is 1. The molecule has 1 aromatic carbocycles. The van der Waals surface area contributed by atoms with Crippen LogP contribution in [0.4, 0.5) is 0 Å². The molecular formula is C10H13BrN2O4. The van der Waals surface area contributed by atoms with Crippen LogP contribution in [0.15, 0.2) is 22.7 Å². The summed E-state index contributed by atoms with van der Waals surface area (Å²) >= 11 is 3.16. The number of hydrogen-bond donors (Lipinski definition) is 4. The predicted molar refractivity (Wildman–Crippen MR) is 64.0 cm³/mol. The van der Waals surface area contributed by atoms with Crippen molar-refractivity contribution in [3.8, 4) is 5.75 Å². The number of aliphatic hydroxyl groups is 1. The van der Waals surface area contributed by atoms with Crippen LogP contribution in [0.25, 0.3) is 0 Å². The molecule has 94 valence electrons. The lowest BCUT2D eigenvalue weighted by Gasteiger charge is -2.12. The molecule has 0 aromatic heterocycles. The van der Waals surface area contributed by atoms with Gasteiger partial charge in [0.05, 0.1) is 12.2 Å². The Bertz CT molecular complexity index is 400. The molecule has 0 fully saturated rings. The van der Waals surface area contributed by atoms with Crippen LogP contribution in [0.3, 0.4) is 0 Å². The van der Waals surface area contributed by atoms with E-state index in [2.05, 4.69) is 26.1 Å². The van der Waals surface area contributed by atoms with Crippen LogP contribution in [0, 0.1) is 0 Å². The second-order valence-corrected chi connectivity index (χ2v) is 4.23. The number of phenolic OH excluding ortho intramolecular Hbond substituents is 1. The molecule has 1 aromatic rings. The Labute approximate surface area is 106 Å². The van der Waals surface area contributed by atoms with Crippen molar-refractivity contribution in [1.29, 1.82) is 0 Å².